The van der Waals surface area contributed by atoms with Crippen molar-refractivity contribution in [2.24, 2.45) is 10.9 Å². The minimum Gasteiger partial charge on any atom is -0.409 e. The van der Waals surface area contributed by atoms with Crippen LogP contribution in [0.15, 0.2) is 23.4 Å². The van der Waals surface area contributed by atoms with E-state index in [1.165, 1.54) is 0 Å². The van der Waals surface area contributed by atoms with Gasteiger partial charge in [-0.3, -0.25) is 4.79 Å². The second kappa shape index (κ2) is 5.71. The lowest BCUT2D eigenvalue weighted by Gasteiger charge is -2.29. The maximum atomic E-state index is 12.4. The fourth-order valence-corrected chi connectivity index (χ4v) is 2.84. The molecule has 4 N–H and O–H groups in total. The van der Waals surface area contributed by atoms with E-state index in [1.807, 2.05) is 13.0 Å². The Bertz CT molecular complexity index is 551. The minimum absolute atomic E-state index is 0.0483. The van der Waals surface area contributed by atoms with Gasteiger partial charge in [-0.15, -0.1) is 0 Å². The molecule has 0 bridgehead atoms. The molecule has 1 aromatic rings. The topological polar surface area (TPSA) is 87.7 Å². The van der Waals surface area contributed by atoms with Gasteiger partial charge in [-0.1, -0.05) is 41.7 Å². The van der Waals surface area contributed by atoms with E-state index in [-0.39, 0.29) is 11.7 Å². The first-order valence-corrected chi connectivity index (χ1v) is 6.93. The lowest BCUT2D eigenvalue weighted by Crippen LogP contribution is -2.55. The lowest BCUT2D eigenvalue weighted by atomic mass is 9.95. The third-order valence-corrected chi connectivity index (χ3v) is 4.35. The summed E-state index contributed by atoms with van der Waals surface area (Å²) in [6.45, 7) is 1.84. The molecule has 0 radical (unpaired) electrons. The molecule has 0 aliphatic heterocycles. The summed E-state index contributed by atoms with van der Waals surface area (Å²) in [4.78, 5) is 12.4. The molecule has 1 saturated carbocycles. The first-order valence-electron chi connectivity index (χ1n) is 6.56. The monoisotopic (exact) mass is 295 g/mol. The molecule has 1 aliphatic carbocycles. The average molecular weight is 296 g/mol. The van der Waals surface area contributed by atoms with Crippen LogP contribution < -0.4 is 11.1 Å². The molecule has 1 aromatic carbocycles. The Balaban J connectivity index is 2.28. The molecule has 0 heterocycles. The number of oxime groups is 1. The van der Waals surface area contributed by atoms with Gasteiger partial charge >= 0.3 is 0 Å². The number of nitrogens with zero attached hydrogens (tertiary/aromatic N) is 1. The number of aryl methyl sites for hydroxylation is 1. The van der Waals surface area contributed by atoms with Gasteiger partial charge in [0.15, 0.2) is 5.84 Å². The Morgan fingerprint density at radius 3 is 2.70 bits per heavy atom. The number of nitrogens with one attached hydrogen (secondary N) is 1. The largest absolute Gasteiger partial charge is 0.409 e. The number of halogens is 1. The summed E-state index contributed by atoms with van der Waals surface area (Å²) in [6.07, 6.45) is 3.19. The number of carbonyl (C=O) groups is 1. The Labute approximate surface area is 122 Å². The molecule has 1 amide bonds. The van der Waals surface area contributed by atoms with Crippen LogP contribution in [0.5, 0.6) is 0 Å². The van der Waals surface area contributed by atoms with Crippen molar-refractivity contribution in [2.75, 3.05) is 0 Å². The molecule has 6 heteroatoms. The highest BCUT2D eigenvalue weighted by Gasteiger charge is 2.40. The number of hydrogen-bond acceptors (Lipinski definition) is 3. The Hall–Kier alpha value is -1.75. The van der Waals surface area contributed by atoms with Gasteiger partial charge in [-0.2, -0.15) is 0 Å². The molecular weight excluding hydrogens is 278 g/mol. The van der Waals surface area contributed by atoms with Gasteiger partial charge in [0.2, 0.25) is 0 Å². The van der Waals surface area contributed by atoms with E-state index < -0.39 is 5.54 Å². The summed E-state index contributed by atoms with van der Waals surface area (Å²) in [7, 11) is 0. The zero-order valence-corrected chi connectivity index (χ0v) is 12.1. The van der Waals surface area contributed by atoms with E-state index in [0.717, 1.165) is 18.4 Å². The van der Waals surface area contributed by atoms with Crippen LogP contribution in [0.3, 0.4) is 0 Å². The van der Waals surface area contributed by atoms with E-state index in [1.54, 1.807) is 12.1 Å². The molecule has 108 valence electrons. The third-order valence-electron chi connectivity index (χ3n) is 3.84. The van der Waals surface area contributed by atoms with Gasteiger partial charge < -0.3 is 16.3 Å². The molecule has 0 atom stereocenters. The predicted octanol–water partition coefficient (Wildman–Crippen LogP) is 2.44. The number of nitrogens with two attached hydrogens (primary N) is 1. The average Bonchev–Trinajstić information content (AvgIpc) is 2.90. The predicted molar refractivity (Wildman–Crippen MR) is 78.3 cm³/mol. The molecule has 2 rings (SSSR count). The summed E-state index contributed by atoms with van der Waals surface area (Å²) in [5.41, 5.74) is 6.24. The number of carbonyl (C=O) groups excluding carboxylic acids is 1. The number of amides is 1. The van der Waals surface area contributed by atoms with Crippen molar-refractivity contribution in [1.29, 1.82) is 0 Å². The summed E-state index contributed by atoms with van der Waals surface area (Å²) in [5, 5.41) is 15.3. The second-order valence-corrected chi connectivity index (χ2v) is 5.54. The van der Waals surface area contributed by atoms with E-state index >= 15 is 0 Å². The molecule has 0 spiro atoms. The van der Waals surface area contributed by atoms with Crippen molar-refractivity contribution in [3.05, 3.63) is 34.3 Å². The fourth-order valence-electron chi connectivity index (χ4n) is 2.63. The summed E-state index contributed by atoms with van der Waals surface area (Å²) in [5.74, 6) is -0.251. The highest BCUT2D eigenvalue weighted by molar-refractivity contribution is 6.34. The van der Waals surface area contributed by atoms with Gasteiger partial charge in [0, 0.05) is 0 Å². The fraction of sp³-hybridized carbons (Fsp3) is 0.429. The zero-order chi connectivity index (χ0) is 14.8. The number of rotatable bonds is 3. The van der Waals surface area contributed by atoms with Crippen LogP contribution in [0, 0.1) is 6.92 Å². The van der Waals surface area contributed by atoms with E-state index in [4.69, 9.17) is 22.5 Å². The summed E-state index contributed by atoms with van der Waals surface area (Å²) < 4.78 is 0. The van der Waals surface area contributed by atoms with Gasteiger partial charge in [0.1, 0.15) is 5.54 Å². The van der Waals surface area contributed by atoms with Crippen molar-refractivity contribution in [2.45, 2.75) is 38.1 Å². The normalized spacial score (nSPS) is 18.0. The molecule has 20 heavy (non-hydrogen) atoms. The first kappa shape index (κ1) is 14.7. The molecule has 5 nitrogen and oxygen atoms in total. The van der Waals surface area contributed by atoms with Crippen molar-refractivity contribution in [1.82, 2.24) is 5.32 Å². The number of amidine groups is 1. The van der Waals surface area contributed by atoms with E-state index in [9.17, 15) is 4.79 Å². The highest BCUT2D eigenvalue weighted by atomic mass is 35.5. The Kier molecular flexibility index (Phi) is 4.18. The van der Waals surface area contributed by atoms with E-state index in [2.05, 4.69) is 10.5 Å². The van der Waals surface area contributed by atoms with Crippen molar-refractivity contribution in [3.8, 4) is 0 Å². The van der Waals surface area contributed by atoms with Gasteiger partial charge in [-0.25, -0.2) is 0 Å². The maximum absolute atomic E-state index is 12.4. The van der Waals surface area contributed by atoms with Crippen LogP contribution in [-0.4, -0.2) is 22.5 Å². The molecule has 0 unspecified atom stereocenters. The lowest BCUT2D eigenvalue weighted by molar-refractivity contribution is 0.0922. The maximum Gasteiger partial charge on any atom is 0.253 e. The quantitative estimate of drug-likeness (QED) is 0.346. The van der Waals surface area contributed by atoms with Crippen LogP contribution in [0.1, 0.15) is 41.6 Å². The summed E-state index contributed by atoms with van der Waals surface area (Å²) >= 11 is 6.16. The van der Waals surface area contributed by atoms with Gasteiger partial charge in [-0.05, 0) is 31.4 Å². The SMILES string of the molecule is Cc1cccc(C(=O)NC2(/C(N)=N/O)CCCC2)c1Cl. The van der Waals surface area contributed by atoms with Crippen molar-refractivity contribution < 1.29 is 10.0 Å². The smallest absolute Gasteiger partial charge is 0.253 e. The second-order valence-electron chi connectivity index (χ2n) is 5.17. The van der Waals surface area contributed by atoms with Crippen LogP contribution in [0.4, 0.5) is 0 Å². The molecule has 1 fully saturated rings. The molecule has 0 aromatic heterocycles. The van der Waals surface area contributed by atoms with Gasteiger partial charge in [0.05, 0.1) is 10.6 Å². The summed E-state index contributed by atoms with van der Waals surface area (Å²) in [6, 6.07) is 5.29. The van der Waals surface area contributed by atoms with Crippen molar-refractivity contribution in [3.63, 3.8) is 0 Å². The van der Waals surface area contributed by atoms with Crippen LogP contribution in [0.2, 0.25) is 5.02 Å². The molecular formula is C14H18ClN3O2. The van der Waals surface area contributed by atoms with E-state index in [0.29, 0.717) is 23.4 Å². The first-order chi connectivity index (χ1) is 9.50. The number of hydrogen-bond donors (Lipinski definition) is 3. The molecule has 0 saturated heterocycles. The number of benzene rings is 1. The minimum atomic E-state index is -0.765. The standard InChI is InChI=1S/C14H18ClN3O2/c1-9-5-4-6-10(11(9)15)12(19)17-14(13(16)18-20)7-2-3-8-14/h4-6,20H,2-3,7-8H2,1H3,(H2,16,18)(H,17,19). The third kappa shape index (κ3) is 2.58. The highest BCUT2D eigenvalue weighted by Crippen LogP contribution is 2.31. The zero-order valence-electron chi connectivity index (χ0n) is 11.3. The van der Waals surface area contributed by atoms with Crippen molar-refractivity contribution >= 4 is 23.3 Å². The molecule has 1 aliphatic rings. The van der Waals surface area contributed by atoms with Crippen LogP contribution in [0.25, 0.3) is 0 Å². The Morgan fingerprint density at radius 2 is 2.10 bits per heavy atom. The van der Waals surface area contributed by atoms with Crippen LogP contribution >= 0.6 is 11.6 Å². The Morgan fingerprint density at radius 1 is 1.45 bits per heavy atom. The van der Waals surface area contributed by atoms with Crippen LogP contribution in [-0.2, 0) is 0 Å². The van der Waals surface area contributed by atoms with Gasteiger partial charge in [0.25, 0.3) is 5.91 Å².